The highest BCUT2D eigenvalue weighted by atomic mass is 79.9. The third kappa shape index (κ3) is 1.37. The first kappa shape index (κ1) is 8.75. The standard InChI is InChI=1S/C10H9BrO2/c1-6-3-2-4-8-9(6)10(12)7(11)5-13-8/h2-4,7H,5H2,1H3. The van der Waals surface area contributed by atoms with E-state index in [1.54, 1.807) is 0 Å². The quantitative estimate of drug-likeness (QED) is 0.651. The van der Waals surface area contributed by atoms with E-state index in [0.717, 1.165) is 11.1 Å². The van der Waals surface area contributed by atoms with Crippen molar-refractivity contribution in [3.8, 4) is 5.75 Å². The molecule has 1 heterocycles. The van der Waals surface area contributed by atoms with Gasteiger partial charge in [-0.15, -0.1) is 0 Å². The minimum atomic E-state index is -0.193. The monoisotopic (exact) mass is 240 g/mol. The zero-order chi connectivity index (χ0) is 9.42. The third-order valence-electron chi connectivity index (χ3n) is 2.15. The van der Waals surface area contributed by atoms with Crippen LogP contribution in [0.25, 0.3) is 0 Å². The largest absolute Gasteiger partial charge is 0.491 e. The van der Waals surface area contributed by atoms with Gasteiger partial charge in [0.2, 0.25) is 0 Å². The summed E-state index contributed by atoms with van der Waals surface area (Å²) in [4.78, 5) is 11.5. The lowest BCUT2D eigenvalue weighted by atomic mass is 10.00. The molecule has 1 aromatic carbocycles. The Kier molecular flexibility index (Phi) is 2.12. The van der Waals surface area contributed by atoms with Crippen LogP contribution in [-0.2, 0) is 0 Å². The van der Waals surface area contributed by atoms with Crippen LogP contribution in [0.2, 0.25) is 0 Å². The molecule has 1 atom stereocenters. The summed E-state index contributed by atoms with van der Waals surface area (Å²) in [6.07, 6.45) is 0. The number of ether oxygens (including phenoxy) is 1. The van der Waals surface area contributed by atoms with Gasteiger partial charge >= 0.3 is 0 Å². The summed E-state index contributed by atoms with van der Waals surface area (Å²) < 4.78 is 5.42. The van der Waals surface area contributed by atoms with Crippen molar-refractivity contribution in [3.05, 3.63) is 29.3 Å². The lowest BCUT2D eigenvalue weighted by Gasteiger charge is -2.21. The number of rotatable bonds is 0. The second-order valence-corrected chi connectivity index (χ2v) is 4.20. The zero-order valence-corrected chi connectivity index (χ0v) is 8.80. The first-order valence-corrected chi connectivity index (χ1v) is 5.02. The molecule has 2 nitrogen and oxygen atoms in total. The van der Waals surface area contributed by atoms with E-state index >= 15 is 0 Å². The molecule has 3 heteroatoms. The molecule has 0 bridgehead atoms. The maximum absolute atomic E-state index is 11.7. The molecule has 0 radical (unpaired) electrons. The molecule has 0 aliphatic carbocycles. The van der Waals surface area contributed by atoms with Gasteiger partial charge in [-0.25, -0.2) is 0 Å². The Morgan fingerprint density at radius 1 is 1.54 bits per heavy atom. The highest BCUT2D eigenvalue weighted by Gasteiger charge is 2.27. The smallest absolute Gasteiger partial charge is 0.183 e. The van der Waals surface area contributed by atoms with Gasteiger partial charge in [0.1, 0.15) is 17.2 Å². The first-order chi connectivity index (χ1) is 6.20. The highest BCUT2D eigenvalue weighted by molar-refractivity contribution is 9.10. The van der Waals surface area contributed by atoms with E-state index in [9.17, 15) is 4.79 Å². The number of ketones is 1. The summed E-state index contributed by atoms with van der Waals surface area (Å²) >= 11 is 3.28. The van der Waals surface area contributed by atoms with Crippen molar-refractivity contribution in [1.82, 2.24) is 0 Å². The lowest BCUT2D eigenvalue weighted by molar-refractivity contribution is 0.0945. The van der Waals surface area contributed by atoms with E-state index in [2.05, 4.69) is 15.9 Å². The Morgan fingerprint density at radius 3 is 3.08 bits per heavy atom. The van der Waals surface area contributed by atoms with Gasteiger partial charge in [0, 0.05) is 0 Å². The van der Waals surface area contributed by atoms with Gasteiger partial charge in [-0.05, 0) is 18.6 Å². The first-order valence-electron chi connectivity index (χ1n) is 4.11. The van der Waals surface area contributed by atoms with Crippen LogP contribution in [0.3, 0.4) is 0 Å². The number of hydrogen-bond donors (Lipinski definition) is 0. The van der Waals surface area contributed by atoms with Crippen molar-refractivity contribution >= 4 is 21.7 Å². The molecular weight excluding hydrogens is 232 g/mol. The van der Waals surface area contributed by atoms with Crippen LogP contribution >= 0.6 is 15.9 Å². The minimum absolute atomic E-state index is 0.124. The summed E-state index contributed by atoms with van der Waals surface area (Å²) in [7, 11) is 0. The Bertz CT molecular complexity index is 360. The average Bonchev–Trinajstić information content (AvgIpc) is 2.12. The number of halogens is 1. The van der Waals surface area contributed by atoms with Crippen LogP contribution < -0.4 is 4.74 Å². The SMILES string of the molecule is Cc1cccc2c1C(=O)C(Br)CO2. The average molecular weight is 241 g/mol. The lowest BCUT2D eigenvalue weighted by Crippen LogP contribution is -2.28. The number of fused-ring (bicyclic) bond motifs is 1. The van der Waals surface area contributed by atoms with Gasteiger partial charge in [0.15, 0.2) is 5.78 Å². The highest BCUT2D eigenvalue weighted by Crippen LogP contribution is 2.29. The molecule has 13 heavy (non-hydrogen) atoms. The number of aryl methyl sites for hydroxylation is 1. The van der Waals surface area contributed by atoms with Gasteiger partial charge < -0.3 is 4.74 Å². The Hall–Kier alpha value is -0.830. The van der Waals surface area contributed by atoms with Crippen molar-refractivity contribution in [2.24, 2.45) is 0 Å². The maximum atomic E-state index is 11.7. The fourth-order valence-corrected chi connectivity index (χ4v) is 1.83. The van der Waals surface area contributed by atoms with Crippen molar-refractivity contribution < 1.29 is 9.53 Å². The number of Topliss-reactive ketones (excluding diaryl/α,β-unsaturated/α-hetero) is 1. The van der Waals surface area contributed by atoms with E-state index < -0.39 is 0 Å². The normalized spacial score (nSPS) is 20.8. The molecular formula is C10H9BrO2. The van der Waals surface area contributed by atoms with Gasteiger partial charge in [-0.3, -0.25) is 4.79 Å². The van der Waals surface area contributed by atoms with Crippen LogP contribution in [0.15, 0.2) is 18.2 Å². The maximum Gasteiger partial charge on any atom is 0.183 e. The van der Waals surface area contributed by atoms with Crippen molar-refractivity contribution in [2.75, 3.05) is 6.61 Å². The molecule has 1 aromatic rings. The van der Waals surface area contributed by atoms with Gasteiger partial charge in [-0.1, -0.05) is 28.1 Å². The molecule has 0 saturated carbocycles. The predicted molar refractivity (Wildman–Crippen MR) is 53.7 cm³/mol. The summed E-state index contributed by atoms with van der Waals surface area (Å²) in [6.45, 7) is 2.35. The van der Waals surface area contributed by atoms with E-state index in [-0.39, 0.29) is 10.6 Å². The number of carbonyl (C=O) groups is 1. The number of benzene rings is 1. The van der Waals surface area contributed by atoms with Crippen molar-refractivity contribution in [2.45, 2.75) is 11.8 Å². The number of alkyl halides is 1. The van der Waals surface area contributed by atoms with Crippen LogP contribution in [0, 0.1) is 6.92 Å². The molecule has 0 saturated heterocycles. The zero-order valence-electron chi connectivity index (χ0n) is 7.21. The molecule has 0 N–H and O–H groups in total. The molecule has 1 aliphatic rings. The number of hydrogen-bond acceptors (Lipinski definition) is 2. The van der Waals surface area contributed by atoms with E-state index in [0.29, 0.717) is 12.4 Å². The Balaban J connectivity index is 2.57. The fourth-order valence-electron chi connectivity index (χ4n) is 1.47. The summed E-state index contributed by atoms with van der Waals surface area (Å²) in [5.41, 5.74) is 1.70. The molecule has 0 amide bonds. The van der Waals surface area contributed by atoms with Gasteiger partial charge in [0.05, 0.1) is 5.56 Å². The molecule has 0 spiro atoms. The number of carbonyl (C=O) groups excluding carboxylic acids is 1. The molecule has 1 unspecified atom stereocenters. The summed E-state index contributed by atoms with van der Waals surface area (Å²) in [5, 5.41) is 0. The van der Waals surface area contributed by atoms with E-state index in [1.807, 2.05) is 25.1 Å². The summed E-state index contributed by atoms with van der Waals surface area (Å²) in [6, 6.07) is 5.65. The minimum Gasteiger partial charge on any atom is -0.491 e. The van der Waals surface area contributed by atoms with Crippen LogP contribution in [-0.4, -0.2) is 17.2 Å². The van der Waals surface area contributed by atoms with Gasteiger partial charge in [0.25, 0.3) is 0 Å². The van der Waals surface area contributed by atoms with E-state index in [1.165, 1.54) is 0 Å². The van der Waals surface area contributed by atoms with E-state index in [4.69, 9.17) is 4.74 Å². The van der Waals surface area contributed by atoms with Crippen LogP contribution in [0.5, 0.6) is 5.75 Å². The third-order valence-corrected chi connectivity index (χ3v) is 2.83. The summed E-state index contributed by atoms with van der Waals surface area (Å²) in [5.74, 6) is 0.833. The Morgan fingerprint density at radius 2 is 2.31 bits per heavy atom. The molecule has 0 fully saturated rings. The second kappa shape index (κ2) is 3.14. The second-order valence-electron chi connectivity index (χ2n) is 3.09. The molecule has 1 aliphatic heterocycles. The predicted octanol–water partition coefficient (Wildman–Crippen LogP) is 2.33. The molecule has 0 aromatic heterocycles. The molecule has 68 valence electrons. The fraction of sp³-hybridized carbons (Fsp3) is 0.300. The topological polar surface area (TPSA) is 26.3 Å². The van der Waals surface area contributed by atoms with Gasteiger partial charge in [-0.2, -0.15) is 0 Å². The molecule has 2 rings (SSSR count). The Labute approximate surface area is 85.0 Å². The van der Waals surface area contributed by atoms with Crippen LogP contribution in [0.1, 0.15) is 15.9 Å². The van der Waals surface area contributed by atoms with Crippen molar-refractivity contribution in [1.29, 1.82) is 0 Å². The van der Waals surface area contributed by atoms with Crippen LogP contribution in [0.4, 0.5) is 0 Å². The van der Waals surface area contributed by atoms with Crippen molar-refractivity contribution in [3.63, 3.8) is 0 Å².